The van der Waals surface area contributed by atoms with Crippen LogP contribution in [0.25, 0.3) is 11.4 Å². The number of hydrogen-bond donors (Lipinski definition) is 1. The number of aromatic nitrogens is 2. The Morgan fingerprint density at radius 2 is 1.76 bits per heavy atom. The zero-order valence-corrected chi connectivity index (χ0v) is 21.9. The van der Waals surface area contributed by atoms with Crippen molar-refractivity contribution in [3.63, 3.8) is 0 Å². The van der Waals surface area contributed by atoms with Gasteiger partial charge in [-0.3, -0.25) is 18.9 Å². The highest BCUT2D eigenvalue weighted by Gasteiger charge is 2.46. The Hall–Kier alpha value is -3.49. The fourth-order valence-corrected chi connectivity index (χ4v) is 5.22. The summed E-state index contributed by atoms with van der Waals surface area (Å²) in [5, 5.41) is 11.6. The van der Waals surface area contributed by atoms with E-state index in [9.17, 15) is 14.7 Å². The van der Waals surface area contributed by atoms with Crippen LogP contribution in [0.2, 0.25) is 0 Å². The summed E-state index contributed by atoms with van der Waals surface area (Å²) in [6, 6.07) is 12.9. The van der Waals surface area contributed by atoms with Crippen LogP contribution in [0.5, 0.6) is 0 Å². The molecule has 0 spiro atoms. The summed E-state index contributed by atoms with van der Waals surface area (Å²) in [5.74, 6) is -1.46. The van der Waals surface area contributed by atoms with Crippen LogP contribution in [0.3, 0.4) is 0 Å². The molecule has 0 unspecified atom stereocenters. The number of aryl methyl sites for hydroxylation is 1. The van der Waals surface area contributed by atoms with Gasteiger partial charge in [0, 0.05) is 32.4 Å². The number of hydrogen-bond acceptors (Lipinski definition) is 6. The van der Waals surface area contributed by atoms with Crippen molar-refractivity contribution in [2.24, 2.45) is 0 Å². The number of carbonyl (C=O) groups excluding carboxylic acids is 2. The number of amides is 1. The minimum absolute atomic E-state index is 0.0374. The normalized spacial score (nSPS) is 20.8. The zero-order chi connectivity index (χ0) is 26.3. The highest BCUT2D eigenvalue weighted by Crippen LogP contribution is 2.40. The molecule has 1 atom stereocenters. The summed E-state index contributed by atoms with van der Waals surface area (Å²) < 4.78 is 7.21. The number of pyridine rings is 1. The van der Waals surface area contributed by atoms with Crippen LogP contribution in [0, 0.1) is 6.92 Å². The molecule has 8 heteroatoms. The minimum atomic E-state index is -0.691. The standard InChI is InChI=1S/C29H34N4O4/c1-19-24(32-12-6-5-7-22(32)30-19)26(34)23-25(20-8-10-21(11-9-20)29(2,3)4)33(28(36)27(23)35)14-13-31-15-17-37-18-16-31/h5-12,25,34H,13-18H2,1-4H3/b26-23+/t25-/m1/s1. The Balaban J connectivity index is 1.61. The minimum Gasteiger partial charge on any atom is -0.505 e. The molecule has 0 aliphatic carbocycles. The van der Waals surface area contributed by atoms with E-state index >= 15 is 0 Å². The average molecular weight is 503 g/mol. The second-order valence-corrected chi connectivity index (χ2v) is 10.8. The van der Waals surface area contributed by atoms with Gasteiger partial charge in [-0.15, -0.1) is 0 Å². The van der Waals surface area contributed by atoms with Crippen LogP contribution in [0.4, 0.5) is 0 Å². The maximum Gasteiger partial charge on any atom is 0.295 e. The van der Waals surface area contributed by atoms with E-state index in [2.05, 4.69) is 30.7 Å². The first-order valence-corrected chi connectivity index (χ1v) is 12.8. The van der Waals surface area contributed by atoms with E-state index in [1.807, 2.05) is 42.5 Å². The number of imidazole rings is 1. The molecule has 0 radical (unpaired) electrons. The van der Waals surface area contributed by atoms with Crippen molar-refractivity contribution in [3.05, 3.63) is 76.7 Å². The quantitative estimate of drug-likeness (QED) is 0.325. The Morgan fingerprint density at radius 3 is 2.43 bits per heavy atom. The van der Waals surface area contributed by atoms with E-state index in [1.165, 1.54) is 0 Å². The molecule has 2 aliphatic heterocycles. The average Bonchev–Trinajstić information content (AvgIpc) is 3.35. The fourth-order valence-electron chi connectivity index (χ4n) is 5.22. The van der Waals surface area contributed by atoms with Gasteiger partial charge in [0.1, 0.15) is 11.3 Å². The van der Waals surface area contributed by atoms with Gasteiger partial charge < -0.3 is 14.7 Å². The van der Waals surface area contributed by atoms with Crippen LogP contribution in [0.15, 0.2) is 54.2 Å². The highest BCUT2D eigenvalue weighted by atomic mass is 16.5. The van der Waals surface area contributed by atoms with Crippen molar-refractivity contribution in [1.29, 1.82) is 0 Å². The number of aliphatic hydroxyl groups is 1. The number of nitrogens with zero attached hydrogens (tertiary/aromatic N) is 4. The Bertz CT molecular complexity index is 1360. The largest absolute Gasteiger partial charge is 0.505 e. The molecule has 2 aromatic heterocycles. The van der Waals surface area contributed by atoms with Crippen molar-refractivity contribution in [1.82, 2.24) is 19.2 Å². The van der Waals surface area contributed by atoms with E-state index < -0.39 is 17.7 Å². The molecule has 2 saturated heterocycles. The summed E-state index contributed by atoms with van der Waals surface area (Å²) in [6.07, 6.45) is 1.80. The molecule has 1 amide bonds. The van der Waals surface area contributed by atoms with Crippen molar-refractivity contribution in [2.45, 2.75) is 39.2 Å². The molecule has 37 heavy (non-hydrogen) atoms. The Labute approximate surface area is 217 Å². The van der Waals surface area contributed by atoms with Crippen LogP contribution in [-0.2, 0) is 19.7 Å². The lowest BCUT2D eigenvalue weighted by atomic mass is 9.85. The number of benzene rings is 1. The van der Waals surface area contributed by atoms with E-state index in [-0.39, 0.29) is 16.7 Å². The van der Waals surface area contributed by atoms with Gasteiger partial charge in [-0.25, -0.2) is 4.98 Å². The van der Waals surface area contributed by atoms with Gasteiger partial charge in [-0.05, 0) is 35.6 Å². The van der Waals surface area contributed by atoms with Gasteiger partial charge in [-0.2, -0.15) is 0 Å². The number of likely N-dealkylation sites (tertiary alicyclic amines) is 1. The van der Waals surface area contributed by atoms with Crippen molar-refractivity contribution >= 4 is 23.1 Å². The SMILES string of the molecule is Cc1nc2ccccn2c1/C(O)=C1\C(=O)C(=O)N(CCN2CCOCC2)[C@@H]1c1ccc(C(C)(C)C)cc1. The van der Waals surface area contributed by atoms with Gasteiger partial charge in [-0.1, -0.05) is 51.1 Å². The highest BCUT2D eigenvalue weighted by molar-refractivity contribution is 6.46. The molecule has 194 valence electrons. The second-order valence-electron chi connectivity index (χ2n) is 10.8. The first-order chi connectivity index (χ1) is 17.7. The topological polar surface area (TPSA) is 87.4 Å². The first-order valence-electron chi connectivity index (χ1n) is 12.8. The smallest absolute Gasteiger partial charge is 0.295 e. The van der Waals surface area contributed by atoms with Gasteiger partial charge in [0.25, 0.3) is 11.7 Å². The number of morpholine rings is 1. The Kier molecular flexibility index (Phi) is 6.64. The lowest BCUT2D eigenvalue weighted by molar-refractivity contribution is -0.140. The number of ether oxygens (including phenoxy) is 1. The molecular formula is C29H34N4O4. The zero-order valence-electron chi connectivity index (χ0n) is 21.9. The molecule has 5 rings (SSSR count). The number of fused-ring (bicyclic) bond motifs is 1. The van der Waals surface area contributed by atoms with Gasteiger partial charge in [0.2, 0.25) is 0 Å². The van der Waals surface area contributed by atoms with E-state index in [4.69, 9.17) is 4.74 Å². The maximum absolute atomic E-state index is 13.5. The molecule has 4 heterocycles. The third kappa shape index (κ3) is 4.67. The van der Waals surface area contributed by atoms with Crippen molar-refractivity contribution in [3.8, 4) is 0 Å². The number of rotatable bonds is 5. The predicted octanol–water partition coefficient (Wildman–Crippen LogP) is 3.69. The molecule has 2 fully saturated rings. The van der Waals surface area contributed by atoms with Crippen LogP contribution in [-0.4, -0.2) is 75.4 Å². The van der Waals surface area contributed by atoms with Gasteiger partial charge >= 0.3 is 0 Å². The molecule has 0 saturated carbocycles. The van der Waals surface area contributed by atoms with Gasteiger partial charge in [0.15, 0.2) is 5.76 Å². The first kappa shape index (κ1) is 25.2. The number of ketones is 1. The van der Waals surface area contributed by atoms with Crippen LogP contribution < -0.4 is 0 Å². The van der Waals surface area contributed by atoms with E-state index in [1.54, 1.807) is 22.4 Å². The van der Waals surface area contributed by atoms with Gasteiger partial charge in [0.05, 0.1) is 30.5 Å². The van der Waals surface area contributed by atoms with Crippen LogP contribution >= 0.6 is 0 Å². The summed E-state index contributed by atoms with van der Waals surface area (Å²) in [5.41, 5.74) is 3.69. The fraction of sp³-hybridized carbons (Fsp3) is 0.414. The summed E-state index contributed by atoms with van der Waals surface area (Å²) in [6.45, 7) is 12.1. The summed E-state index contributed by atoms with van der Waals surface area (Å²) in [4.78, 5) is 35.3. The van der Waals surface area contributed by atoms with Crippen molar-refractivity contribution < 1.29 is 19.4 Å². The monoisotopic (exact) mass is 502 g/mol. The summed E-state index contributed by atoms with van der Waals surface area (Å²) in [7, 11) is 0. The molecule has 0 bridgehead atoms. The predicted molar refractivity (Wildman–Crippen MR) is 141 cm³/mol. The Morgan fingerprint density at radius 1 is 1.05 bits per heavy atom. The summed E-state index contributed by atoms with van der Waals surface area (Å²) >= 11 is 0. The third-order valence-electron chi connectivity index (χ3n) is 7.32. The van der Waals surface area contributed by atoms with Crippen molar-refractivity contribution in [2.75, 3.05) is 39.4 Å². The molecular weight excluding hydrogens is 468 g/mol. The lowest BCUT2D eigenvalue weighted by Gasteiger charge is -2.31. The number of Topliss-reactive ketones (excluding diaryl/α,β-unsaturated/α-hetero) is 1. The molecule has 2 aliphatic rings. The van der Waals surface area contributed by atoms with E-state index in [0.717, 1.165) is 24.2 Å². The van der Waals surface area contributed by atoms with Crippen LogP contribution in [0.1, 0.15) is 49.3 Å². The second kappa shape index (κ2) is 9.76. The molecule has 8 nitrogen and oxygen atoms in total. The lowest BCUT2D eigenvalue weighted by Crippen LogP contribution is -2.42. The maximum atomic E-state index is 13.5. The number of aliphatic hydroxyl groups excluding tert-OH is 1. The molecule has 1 N–H and O–H groups in total. The van der Waals surface area contributed by atoms with E-state index in [0.29, 0.717) is 43.3 Å². The molecule has 3 aromatic rings. The number of carbonyl (C=O) groups is 2. The third-order valence-corrected chi connectivity index (χ3v) is 7.32. The molecule has 1 aromatic carbocycles.